The Hall–Kier alpha value is 0.180. The van der Waals surface area contributed by atoms with Gasteiger partial charge in [0.1, 0.15) is 0 Å². The highest BCUT2D eigenvalue weighted by Crippen LogP contribution is 2.40. The van der Waals surface area contributed by atoms with E-state index in [1.165, 1.54) is 0 Å². The first-order valence-corrected chi connectivity index (χ1v) is 6.87. The van der Waals surface area contributed by atoms with Crippen LogP contribution in [0.2, 0.25) is 0 Å². The molecule has 76 valence electrons. The molecule has 0 atom stereocenters. The summed E-state index contributed by atoms with van der Waals surface area (Å²) >= 11 is 0. The molecular formula is C11H20S2. The van der Waals surface area contributed by atoms with Crippen molar-refractivity contribution in [2.75, 3.05) is 0 Å². The first-order valence-electron chi connectivity index (χ1n) is 4.66. The minimum Gasteiger partial charge on any atom is -0.0901 e. The molecule has 0 spiro atoms. The molecule has 0 aliphatic heterocycles. The van der Waals surface area contributed by atoms with Gasteiger partial charge in [-0.2, -0.15) is 0 Å². The quantitative estimate of drug-likeness (QED) is 0.483. The Balaban J connectivity index is 4.24. The number of hydrogen-bond acceptors (Lipinski definition) is 2. The molecule has 0 aromatic carbocycles. The fourth-order valence-corrected chi connectivity index (χ4v) is 3.29. The molecule has 0 amide bonds. The molecule has 0 aromatic rings. The van der Waals surface area contributed by atoms with E-state index in [4.69, 9.17) is 0 Å². The number of hydrogen-bond donors (Lipinski definition) is 0. The van der Waals surface area contributed by atoms with Gasteiger partial charge in [-0.15, -0.1) is 0 Å². The molecule has 0 aromatic heterocycles. The summed E-state index contributed by atoms with van der Waals surface area (Å²) < 4.78 is 0.151. The van der Waals surface area contributed by atoms with Crippen LogP contribution >= 0.6 is 21.6 Å². The van der Waals surface area contributed by atoms with Gasteiger partial charge in [-0.25, -0.2) is 0 Å². The zero-order valence-electron chi connectivity index (χ0n) is 9.20. The van der Waals surface area contributed by atoms with Gasteiger partial charge in [0.2, 0.25) is 0 Å². The molecule has 0 heterocycles. The molecule has 0 saturated heterocycles. The number of rotatable bonds is 5. The average Bonchev–Trinajstić information content (AvgIpc) is 2.02. The van der Waals surface area contributed by atoms with Gasteiger partial charge < -0.3 is 0 Å². The third kappa shape index (κ3) is 6.28. The van der Waals surface area contributed by atoms with Gasteiger partial charge in [0.25, 0.3) is 0 Å². The van der Waals surface area contributed by atoms with E-state index in [2.05, 4.69) is 58.9 Å². The largest absolute Gasteiger partial charge is 0.0901 e. The molecule has 0 unspecified atom stereocenters. The Bertz CT molecular complexity index is 169. The highest BCUT2D eigenvalue weighted by atomic mass is 33.1. The van der Waals surface area contributed by atoms with Crippen LogP contribution in [-0.2, 0) is 0 Å². The van der Waals surface area contributed by atoms with Crippen molar-refractivity contribution in [1.29, 1.82) is 0 Å². The first-order chi connectivity index (χ1) is 6.04. The van der Waals surface area contributed by atoms with Gasteiger partial charge in [0.15, 0.2) is 0 Å². The molecule has 13 heavy (non-hydrogen) atoms. The second kappa shape index (κ2) is 6.61. The average molecular weight is 216 g/mol. The van der Waals surface area contributed by atoms with Crippen LogP contribution in [0.15, 0.2) is 24.3 Å². The van der Waals surface area contributed by atoms with Crippen LogP contribution in [0.5, 0.6) is 0 Å². The Morgan fingerprint density at radius 3 is 1.85 bits per heavy atom. The first kappa shape index (κ1) is 13.2. The second-order valence-corrected chi connectivity index (χ2v) is 6.67. The van der Waals surface area contributed by atoms with E-state index >= 15 is 0 Å². The van der Waals surface area contributed by atoms with E-state index in [1.807, 2.05) is 21.6 Å². The van der Waals surface area contributed by atoms with Crippen LogP contribution in [-0.4, -0.2) is 10.00 Å². The molecule has 0 saturated carbocycles. The Morgan fingerprint density at radius 1 is 1.08 bits per heavy atom. The summed E-state index contributed by atoms with van der Waals surface area (Å²) in [4.78, 5) is 0. The van der Waals surface area contributed by atoms with Gasteiger partial charge in [-0.3, -0.25) is 0 Å². The maximum atomic E-state index is 2.24. The predicted octanol–water partition coefficient (Wildman–Crippen LogP) is 4.69. The predicted molar refractivity (Wildman–Crippen MR) is 68.4 cm³/mol. The van der Waals surface area contributed by atoms with Crippen LogP contribution in [0.1, 0.15) is 34.6 Å². The van der Waals surface area contributed by atoms with Crippen molar-refractivity contribution >= 4 is 21.6 Å². The smallest absolute Gasteiger partial charge is 0.0594 e. The lowest BCUT2D eigenvalue weighted by Gasteiger charge is -2.21. The molecule has 0 aliphatic carbocycles. The minimum absolute atomic E-state index is 0.151. The van der Waals surface area contributed by atoms with Gasteiger partial charge in [0.05, 0.1) is 4.75 Å². The van der Waals surface area contributed by atoms with E-state index in [-0.39, 0.29) is 4.75 Å². The van der Waals surface area contributed by atoms with Crippen molar-refractivity contribution in [2.45, 2.75) is 44.6 Å². The lowest BCUT2D eigenvalue weighted by molar-refractivity contribution is 1.01. The molecule has 0 bridgehead atoms. The monoisotopic (exact) mass is 216 g/mol. The molecule has 0 nitrogen and oxygen atoms in total. The zero-order valence-corrected chi connectivity index (χ0v) is 10.8. The molecule has 0 N–H and O–H groups in total. The van der Waals surface area contributed by atoms with E-state index < -0.39 is 0 Å². The van der Waals surface area contributed by atoms with Gasteiger partial charge >= 0.3 is 0 Å². The van der Waals surface area contributed by atoms with Gasteiger partial charge in [0, 0.05) is 5.25 Å². The molecule has 0 fully saturated rings. The normalized spacial score (nSPS) is 17.4. The van der Waals surface area contributed by atoms with Crippen molar-refractivity contribution in [2.24, 2.45) is 0 Å². The van der Waals surface area contributed by atoms with Crippen molar-refractivity contribution < 1.29 is 0 Å². The summed E-state index contributed by atoms with van der Waals surface area (Å²) in [6.45, 7) is 10.8. The molecule has 2 heteroatoms. The van der Waals surface area contributed by atoms with Gasteiger partial charge in [-0.05, 0) is 20.8 Å². The highest BCUT2D eigenvalue weighted by molar-refractivity contribution is 8.77. The van der Waals surface area contributed by atoms with Crippen molar-refractivity contribution in [3.8, 4) is 0 Å². The van der Waals surface area contributed by atoms with Crippen molar-refractivity contribution in [1.82, 2.24) is 0 Å². The highest BCUT2D eigenvalue weighted by Gasteiger charge is 2.18. The van der Waals surface area contributed by atoms with Crippen LogP contribution in [0.3, 0.4) is 0 Å². The SMILES string of the molecule is CC=CC(C)(C=CC)SSC(C)C. The third-order valence-corrected chi connectivity index (χ3v) is 5.05. The van der Waals surface area contributed by atoms with Crippen molar-refractivity contribution in [3.63, 3.8) is 0 Å². The Kier molecular flexibility index (Phi) is 6.70. The summed E-state index contributed by atoms with van der Waals surface area (Å²) in [6.07, 6.45) is 8.72. The lowest BCUT2D eigenvalue weighted by atomic mass is 10.1. The summed E-state index contributed by atoms with van der Waals surface area (Å²) in [5.41, 5.74) is 0. The van der Waals surface area contributed by atoms with Crippen LogP contribution in [0.25, 0.3) is 0 Å². The second-order valence-electron chi connectivity index (χ2n) is 3.41. The Morgan fingerprint density at radius 2 is 1.54 bits per heavy atom. The standard InChI is InChI=1S/C11H20S2/c1-6-8-11(5,9-7-2)13-12-10(3)4/h6-10H,1-5H3. The summed E-state index contributed by atoms with van der Waals surface area (Å²) in [7, 11) is 3.86. The molecule has 0 rings (SSSR count). The molecule has 0 aliphatic rings. The topological polar surface area (TPSA) is 0 Å². The van der Waals surface area contributed by atoms with E-state index in [1.54, 1.807) is 0 Å². The van der Waals surface area contributed by atoms with Crippen molar-refractivity contribution in [3.05, 3.63) is 24.3 Å². The third-order valence-electron chi connectivity index (χ3n) is 1.42. The van der Waals surface area contributed by atoms with Crippen LogP contribution in [0, 0.1) is 0 Å². The molecular weight excluding hydrogens is 196 g/mol. The molecule has 0 radical (unpaired) electrons. The summed E-state index contributed by atoms with van der Waals surface area (Å²) in [5, 5.41) is 0.680. The number of allylic oxidation sites excluding steroid dienone is 2. The lowest BCUT2D eigenvalue weighted by Crippen LogP contribution is -2.11. The van der Waals surface area contributed by atoms with E-state index in [0.29, 0.717) is 5.25 Å². The Labute approximate surface area is 90.7 Å². The maximum Gasteiger partial charge on any atom is 0.0594 e. The fourth-order valence-electron chi connectivity index (χ4n) is 0.973. The van der Waals surface area contributed by atoms with E-state index in [9.17, 15) is 0 Å². The summed E-state index contributed by atoms with van der Waals surface area (Å²) in [6, 6.07) is 0. The zero-order chi connectivity index (χ0) is 10.3. The van der Waals surface area contributed by atoms with Crippen LogP contribution < -0.4 is 0 Å². The summed E-state index contributed by atoms with van der Waals surface area (Å²) in [5.74, 6) is 0. The maximum absolute atomic E-state index is 2.24. The minimum atomic E-state index is 0.151. The van der Waals surface area contributed by atoms with E-state index in [0.717, 1.165) is 0 Å². The van der Waals surface area contributed by atoms with Crippen LogP contribution in [0.4, 0.5) is 0 Å². The van der Waals surface area contributed by atoms with Gasteiger partial charge in [-0.1, -0.05) is 59.7 Å². The fraction of sp³-hybridized carbons (Fsp3) is 0.636.